The highest BCUT2D eigenvalue weighted by Crippen LogP contribution is 2.20. The van der Waals surface area contributed by atoms with Gasteiger partial charge in [0.05, 0.1) is 11.2 Å². The van der Waals surface area contributed by atoms with Gasteiger partial charge in [-0.25, -0.2) is 0 Å². The van der Waals surface area contributed by atoms with Gasteiger partial charge in [0.25, 0.3) is 5.91 Å². The molecule has 0 aliphatic rings. The van der Waals surface area contributed by atoms with Gasteiger partial charge in [0.1, 0.15) is 5.69 Å². The summed E-state index contributed by atoms with van der Waals surface area (Å²) in [4.78, 5) is 14.9. The molecule has 4 nitrogen and oxygen atoms in total. The summed E-state index contributed by atoms with van der Waals surface area (Å²) >= 11 is 0. The Kier molecular flexibility index (Phi) is 3.04. The second-order valence-corrected chi connectivity index (χ2v) is 4.60. The van der Waals surface area contributed by atoms with E-state index < -0.39 is 0 Å². The second kappa shape index (κ2) is 4.49. The standard InChI is InChI=1S/C13H17N3O/c1-8(2)7-15-13(17)11-6-9-4-3-5-10(14)12(9)16-11/h3-6,8,16H,7,14H2,1-2H3,(H,15,17). The van der Waals surface area contributed by atoms with Gasteiger partial charge in [0, 0.05) is 11.9 Å². The van der Waals surface area contributed by atoms with Crippen molar-refractivity contribution in [3.63, 3.8) is 0 Å². The summed E-state index contributed by atoms with van der Waals surface area (Å²) in [5, 5.41) is 3.83. The van der Waals surface area contributed by atoms with Crippen LogP contribution in [0, 0.1) is 5.92 Å². The van der Waals surface area contributed by atoms with Gasteiger partial charge in [-0.15, -0.1) is 0 Å². The molecule has 0 atom stereocenters. The topological polar surface area (TPSA) is 70.9 Å². The Morgan fingerprint density at radius 1 is 1.47 bits per heavy atom. The molecule has 0 bridgehead atoms. The SMILES string of the molecule is CC(C)CNC(=O)c1cc2cccc(N)c2[nH]1. The van der Waals surface area contributed by atoms with E-state index in [4.69, 9.17) is 5.73 Å². The molecule has 90 valence electrons. The first-order valence-electron chi connectivity index (χ1n) is 5.73. The Bertz CT molecular complexity index is 543. The third-order valence-corrected chi connectivity index (χ3v) is 2.60. The molecule has 0 aliphatic heterocycles. The van der Waals surface area contributed by atoms with Crippen molar-refractivity contribution < 1.29 is 4.79 Å². The number of nitrogens with one attached hydrogen (secondary N) is 2. The smallest absolute Gasteiger partial charge is 0.267 e. The third kappa shape index (κ3) is 2.41. The van der Waals surface area contributed by atoms with Gasteiger partial charge in [-0.1, -0.05) is 26.0 Å². The normalized spacial score (nSPS) is 11.0. The molecule has 0 saturated carbocycles. The van der Waals surface area contributed by atoms with Crippen LogP contribution in [0.25, 0.3) is 10.9 Å². The Morgan fingerprint density at radius 2 is 2.24 bits per heavy atom. The molecule has 0 radical (unpaired) electrons. The summed E-state index contributed by atoms with van der Waals surface area (Å²) in [6.45, 7) is 4.79. The number of aromatic nitrogens is 1. The fourth-order valence-electron chi connectivity index (χ4n) is 1.69. The second-order valence-electron chi connectivity index (χ2n) is 4.60. The average Bonchev–Trinajstić information content (AvgIpc) is 2.71. The third-order valence-electron chi connectivity index (χ3n) is 2.60. The van der Waals surface area contributed by atoms with Gasteiger partial charge in [-0.2, -0.15) is 0 Å². The van der Waals surface area contributed by atoms with Crippen LogP contribution in [0.2, 0.25) is 0 Å². The van der Waals surface area contributed by atoms with Crippen LogP contribution in [0.1, 0.15) is 24.3 Å². The summed E-state index contributed by atoms with van der Waals surface area (Å²) in [5.74, 6) is 0.350. The number of carbonyl (C=O) groups is 1. The molecule has 4 heteroatoms. The molecule has 0 fully saturated rings. The number of fused-ring (bicyclic) bond motifs is 1. The van der Waals surface area contributed by atoms with Gasteiger partial charge in [0.15, 0.2) is 0 Å². The first-order valence-corrected chi connectivity index (χ1v) is 5.73. The number of para-hydroxylation sites is 1. The van der Waals surface area contributed by atoms with Crippen LogP contribution in [0.4, 0.5) is 5.69 Å². The molecule has 1 aromatic carbocycles. The summed E-state index contributed by atoms with van der Waals surface area (Å²) < 4.78 is 0. The van der Waals surface area contributed by atoms with Crippen molar-refractivity contribution in [2.75, 3.05) is 12.3 Å². The van der Waals surface area contributed by atoms with Gasteiger partial charge < -0.3 is 16.0 Å². The lowest BCUT2D eigenvalue weighted by Gasteiger charge is -2.05. The molecule has 2 rings (SSSR count). The van der Waals surface area contributed by atoms with E-state index in [9.17, 15) is 4.79 Å². The van der Waals surface area contributed by atoms with E-state index in [0.29, 0.717) is 23.8 Å². The molecular formula is C13H17N3O. The summed E-state index contributed by atoms with van der Waals surface area (Å²) in [6, 6.07) is 7.44. The molecule has 2 aromatic rings. The molecule has 0 saturated heterocycles. The van der Waals surface area contributed by atoms with Crippen LogP contribution in [0.3, 0.4) is 0 Å². The van der Waals surface area contributed by atoms with Crippen molar-refractivity contribution in [3.05, 3.63) is 30.0 Å². The minimum atomic E-state index is -0.0886. The van der Waals surface area contributed by atoms with E-state index in [0.717, 1.165) is 10.9 Å². The van der Waals surface area contributed by atoms with Crippen LogP contribution in [0.5, 0.6) is 0 Å². The van der Waals surface area contributed by atoms with Crippen molar-refractivity contribution in [2.24, 2.45) is 5.92 Å². The first-order chi connectivity index (χ1) is 8.08. The Balaban J connectivity index is 2.24. The lowest BCUT2D eigenvalue weighted by Crippen LogP contribution is -2.27. The number of amides is 1. The molecule has 0 spiro atoms. The van der Waals surface area contributed by atoms with Crippen LogP contribution in [0.15, 0.2) is 24.3 Å². The van der Waals surface area contributed by atoms with Crippen molar-refractivity contribution >= 4 is 22.5 Å². The highest BCUT2D eigenvalue weighted by atomic mass is 16.1. The van der Waals surface area contributed by atoms with E-state index in [1.807, 2.05) is 24.3 Å². The lowest BCUT2D eigenvalue weighted by molar-refractivity contribution is 0.0945. The maximum absolute atomic E-state index is 11.8. The van der Waals surface area contributed by atoms with Gasteiger partial charge in [0.2, 0.25) is 0 Å². The van der Waals surface area contributed by atoms with Crippen molar-refractivity contribution in [1.82, 2.24) is 10.3 Å². The number of hydrogen-bond donors (Lipinski definition) is 3. The van der Waals surface area contributed by atoms with Gasteiger partial charge in [-0.05, 0) is 18.1 Å². The zero-order valence-electron chi connectivity index (χ0n) is 10.1. The van der Waals surface area contributed by atoms with Crippen LogP contribution in [-0.2, 0) is 0 Å². The van der Waals surface area contributed by atoms with Crippen molar-refractivity contribution in [2.45, 2.75) is 13.8 Å². The number of aromatic amines is 1. The Morgan fingerprint density at radius 3 is 2.88 bits per heavy atom. The molecular weight excluding hydrogens is 214 g/mol. The number of nitrogens with two attached hydrogens (primary N) is 1. The van der Waals surface area contributed by atoms with E-state index in [1.54, 1.807) is 0 Å². The van der Waals surface area contributed by atoms with Crippen molar-refractivity contribution in [3.8, 4) is 0 Å². The zero-order valence-corrected chi connectivity index (χ0v) is 10.1. The minimum Gasteiger partial charge on any atom is -0.397 e. The number of carbonyl (C=O) groups excluding carboxylic acids is 1. The maximum Gasteiger partial charge on any atom is 0.267 e. The molecule has 0 aliphatic carbocycles. The maximum atomic E-state index is 11.8. The predicted octanol–water partition coefficient (Wildman–Crippen LogP) is 2.14. The fraction of sp³-hybridized carbons (Fsp3) is 0.308. The Labute approximate surface area is 100 Å². The largest absolute Gasteiger partial charge is 0.397 e. The highest BCUT2D eigenvalue weighted by molar-refractivity contribution is 6.00. The number of H-pyrrole nitrogens is 1. The molecule has 0 unspecified atom stereocenters. The van der Waals surface area contributed by atoms with Gasteiger partial charge >= 0.3 is 0 Å². The lowest BCUT2D eigenvalue weighted by atomic mass is 10.2. The summed E-state index contributed by atoms with van der Waals surface area (Å²) in [6.07, 6.45) is 0. The van der Waals surface area contributed by atoms with Crippen LogP contribution >= 0.6 is 0 Å². The number of rotatable bonds is 3. The molecule has 1 heterocycles. The molecule has 17 heavy (non-hydrogen) atoms. The molecule has 1 amide bonds. The van der Waals surface area contributed by atoms with E-state index >= 15 is 0 Å². The van der Waals surface area contributed by atoms with E-state index in [2.05, 4.69) is 24.1 Å². The number of benzene rings is 1. The van der Waals surface area contributed by atoms with E-state index in [1.165, 1.54) is 0 Å². The molecule has 1 aromatic heterocycles. The number of hydrogen-bond acceptors (Lipinski definition) is 2. The fourth-order valence-corrected chi connectivity index (χ4v) is 1.69. The first kappa shape index (κ1) is 11.5. The van der Waals surface area contributed by atoms with Crippen LogP contribution < -0.4 is 11.1 Å². The summed E-state index contributed by atoms with van der Waals surface area (Å²) in [5.41, 5.74) is 7.86. The Hall–Kier alpha value is -1.97. The van der Waals surface area contributed by atoms with Gasteiger partial charge in [-0.3, -0.25) is 4.79 Å². The highest BCUT2D eigenvalue weighted by Gasteiger charge is 2.10. The quantitative estimate of drug-likeness (QED) is 0.708. The van der Waals surface area contributed by atoms with Crippen LogP contribution in [-0.4, -0.2) is 17.4 Å². The monoisotopic (exact) mass is 231 g/mol. The zero-order chi connectivity index (χ0) is 12.4. The predicted molar refractivity (Wildman–Crippen MR) is 69.9 cm³/mol. The summed E-state index contributed by atoms with van der Waals surface area (Å²) in [7, 11) is 0. The van der Waals surface area contributed by atoms with Crippen molar-refractivity contribution in [1.29, 1.82) is 0 Å². The minimum absolute atomic E-state index is 0.0886. The van der Waals surface area contributed by atoms with E-state index in [-0.39, 0.29) is 5.91 Å². The number of nitrogen functional groups attached to an aromatic ring is 1. The average molecular weight is 231 g/mol. The molecule has 4 N–H and O–H groups in total. The number of anilines is 1.